The number of carboxylic acid groups (broad SMARTS) is 1. The van der Waals surface area contributed by atoms with E-state index in [2.05, 4.69) is 12.2 Å². The highest BCUT2D eigenvalue weighted by Gasteiger charge is 2.38. The molecule has 1 heterocycles. The van der Waals surface area contributed by atoms with Gasteiger partial charge in [0.2, 0.25) is 0 Å². The van der Waals surface area contributed by atoms with Gasteiger partial charge in [-0.2, -0.15) is 0 Å². The van der Waals surface area contributed by atoms with E-state index in [4.69, 9.17) is 49.4 Å². The molecule has 0 radical (unpaired) electrons. The predicted octanol–water partition coefficient (Wildman–Crippen LogP) is 6.77. The number of aliphatic hydroxyl groups is 1. The van der Waals surface area contributed by atoms with Crippen LogP contribution in [0.25, 0.3) is 0 Å². The van der Waals surface area contributed by atoms with Crippen molar-refractivity contribution in [3.8, 4) is 0 Å². The Morgan fingerprint density at radius 1 is 0.923 bits per heavy atom. The number of hydrogen-bond acceptors (Lipinski definition) is 6. The molecule has 3 aromatic carbocycles. The van der Waals surface area contributed by atoms with E-state index in [9.17, 15) is 14.7 Å². The van der Waals surface area contributed by atoms with Crippen molar-refractivity contribution < 1.29 is 29.3 Å². The molecule has 11 heteroatoms. The van der Waals surface area contributed by atoms with E-state index in [1.165, 1.54) is 0 Å². The third kappa shape index (κ3) is 7.67. The molecule has 4 atom stereocenters. The van der Waals surface area contributed by atoms with Gasteiger partial charge in [-0.3, -0.25) is 4.79 Å². The fourth-order valence-corrected chi connectivity index (χ4v) is 5.32. The van der Waals surface area contributed by atoms with Crippen molar-refractivity contribution in [2.45, 2.75) is 40.7 Å². The molecule has 0 aromatic heterocycles. The van der Waals surface area contributed by atoms with Gasteiger partial charge in [0.05, 0.1) is 24.4 Å². The van der Waals surface area contributed by atoms with Gasteiger partial charge in [0.1, 0.15) is 0 Å². The maximum Gasteiger partial charge on any atom is 0.335 e. The van der Waals surface area contributed by atoms with E-state index < -0.39 is 22.0 Å². The molecule has 3 aromatic rings. The Morgan fingerprint density at radius 2 is 1.54 bits per heavy atom. The second-order valence-electron chi connectivity index (χ2n) is 9.04. The summed E-state index contributed by atoms with van der Waals surface area (Å²) in [5, 5.41) is 21.1. The number of thioether (sulfide) groups is 1. The summed E-state index contributed by atoms with van der Waals surface area (Å²) in [6.07, 6.45) is -1.19. The van der Waals surface area contributed by atoms with Crippen molar-refractivity contribution >= 4 is 64.1 Å². The first-order valence-corrected chi connectivity index (χ1v) is 14.1. The van der Waals surface area contributed by atoms with E-state index in [-0.39, 0.29) is 30.3 Å². The van der Waals surface area contributed by atoms with Gasteiger partial charge in [-0.15, -0.1) is 11.8 Å². The first-order valence-electron chi connectivity index (χ1n) is 12.0. The minimum Gasteiger partial charge on any atom is -0.478 e. The van der Waals surface area contributed by atoms with Gasteiger partial charge in [0, 0.05) is 27.8 Å². The van der Waals surface area contributed by atoms with Crippen LogP contribution in [-0.4, -0.2) is 37.7 Å². The molecule has 7 nitrogen and oxygen atoms in total. The topological polar surface area (TPSA) is 105 Å². The van der Waals surface area contributed by atoms with Crippen molar-refractivity contribution in [2.24, 2.45) is 5.92 Å². The summed E-state index contributed by atoms with van der Waals surface area (Å²) >= 11 is 18.5. The van der Waals surface area contributed by atoms with E-state index in [0.717, 1.165) is 21.6 Å². The Bertz CT molecular complexity index is 1280. The molecule has 39 heavy (non-hydrogen) atoms. The van der Waals surface area contributed by atoms with Gasteiger partial charge >= 0.3 is 5.97 Å². The molecule has 206 valence electrons. The average molecular weight is 611 g/mol. The predicted molar refractivity (Wildman–Crippen MR) is 152 cm³/mol. The monoisotopic (exact) mass is 609 g/mol. The number of amides is 1. The number of aliphatic hydroxyl groups excluding tert-OH is 1. The van der Waals surface area contributed by atoms with Gasteiger partial charge < -0.3 is 25.0 Å². The Hall–Kier alpha value is -2.30. The molecular formula is C28H26Cl3NO6S. The van der Waals surface area contributed by atoms with Crippen molar-refractivity contribution in [1.82, 2.24) is 0 Å². The minimum absolute atomic E-state index is 0.0186. The number of carboxylic acids is 1. The average Bonchev–Trinajstić information content (AvgIpc) is 2.92. The van der Waals surface area contributed by atoms with Crippen LogP contribution < -0.4 is 5.32 Å². The van der Waals surface area contributed by atoms with Gasteiger partial charge in [0.25, 0.3) is 9.70 Å². The van der Waals surface area contributed by atoms with Crippen LogP contribution in [0.4, 0.5) is 5.69 Å². The van der Waals surface area contributed by atoms with Crippen LogP contribution in [0.1, 0.15) is 46.4 Å². The largest absolute Gasteiger partial charge is 0.478 e. The fourth-order valence-electron chi connectivity index (χ4n) is 4.11. The molecule has 1 amide bonds. The van der Waals surface area contributed by atoms with E-state index in [1.807, 2.05) is 24.3 Å². The second-order valence-corrected chi connectivity index (χ2v) is 12.4. The van der Waals surface area contributed by atoms with E-state index in [0.29, 0.717) is 11.4 Å². The highest BCUT2D eigenvalue weighted by atomic mass is 35.6. The molecule has 0 saturated carbocycles. The molecular weight excluding hydrogens is 585 g/mol. The molecule has 1 aliphatic heterocycles. The third-order valence-electron chi connectivity index (χ3n) is 6.34. The lowest BCUT2D eigenvalue weighted by Gasteiger charge is -2.41. The maximum absolute atomic E-state index is 12.0. The molecule has 0 bridgehead atoms. The van der Waals surface area contributed by atoms with Crippen molar-refractivity contribution in [3.05, 3.63) is 95.1 Å². The van der Waals surface area contributed by atoms with Crippen molar-refractivity contribution in [3.63, 3.8) is 0 Å². The molecule has 0 unspecified atom stereocenters. The van der Waals surface area contributed by atoms with Crippen molar-refractivity contribution in [2.75, 3.05) is 11.1 Å². The Kier molecular flexibility index (Phi) is 9.82. The van der Waals surface area contributed by atoms with E-state index >= 15 is 0 Å². The number of carbonyl (C=O) groups is 2. The van der Waals surface area contributed by atoms with Gasteiger partial charge in [-0.25, -0.2) is 4.79 Å². The molecule has 1 aliphatic rings. The quantitative estimate of drug-likeness (QED) is 0.191. The summed E-state index contributed by atoms with van der Waals surface area (Å²) in [7, 11) is 0. The van der Waals surface area contributed by atoms with Gasteiger partial charge in [0.15, 0.2) is 6.29 Å². The maximum atomic E-state index is 12.0. The van der Waals surface area contributed by atoms with Crippen LogP contribution >= 0.6 is 46.6 Å². The molecule has 0 spiro atoms. The number of ether oxygens (including phenoxy) is 2. The number of aromatic carboxylic acids is 1. The summed E-state index contributed by atoms with van der Waals surface area (Å²) in [4.78, 5) is 24.1. The van der Waals surface area contributed by atoms with Crippen LogP contribution in [0.2, 0.25) is 0 Å². The second kappa shape index (κ2) is 12.9. The smallest absolute Gasteiger partial charge is 0.335 e. The lowest BCUT2D eigenvalue weighted by Crippen LogP contribution is -2.38. The molecule has 1 saturated heterocycles. The zero-order valence-electron chi connectivity index (χ0n) is 20.7. The standard InChI is InChI=1S/C28H26Cl3NO6S/c1-16-23(15-39-22-12-8-19(9-13-22)25(34)35)37-26(38-24(16)18-4-2-17(14-33)3-5-18)20-6-10-21(11-7-20)32-27(36)28(29,30)31/h2-13,16,23-24,26,33H,14-15H2,1H3,(H,32,36)(H,34,35)/t16-,23+,24+,26+/m1/s1. The van der Waals surface area contributed by atoms with E-state index in [1.54, 1.807) is 60.3 Å². The summed E-state index contributed by atoms with van der Waals surface area (Å²) in [6, 6.07) is 21.2. The zero-order valence-corrected chi connectivity index (χ0v) is 23.8. The lowest BCUT2D eigenvalue weighted by atomic mass is 9.91. The Morgan fingerprint density at radius 3 is 2.10 bits per heavy atom. The summed E-state index contributed by atoms with van der Waals surface area (Å²) in [5.74, 6) is -1.14. The SMILES string of the molecule is C[C@@H]1[C@H](CSc2ccc(C(=O)O)cc2)O[C@H](c2ccc(NC(=O)C(Cl)(Cl)Cl)cc2)O[C@@H]1c1ccc(CO)cc1. The number of nitrogens with one attached hydrogen (secondary N) is 1. The highest BCUT2D eigenvalue weighted by Crippen LogP contribution is 2.43. The summed E-state index contributed by atoms with van der Waals surface area (Å²) < 4.78 is 10.8. The first kappa shape index (κ1) is 29.7. The zero-order chi connectivity index (χ0) is 28.2. The Balaban J connectivity index is 1.54. The van der Waals surface area contributed by atoms with Gasteiger partial charge in [-0.05, 0) is 47.5 Å². The number of halogens is 3. The van der Waals surface area contributed by atoms with Gasteiger partial charge in [-0.1, -0.05) is 78.1 Å². The van der Waals surface area contributed by atoms with Crippen LogP contribution in [-0.2, 0) is 20.9 Å². The summed E-state index contributed by atoms with van der Waals surface area (Å²) in [5.41, 5.74) is 3.19. The minimum atomic E-state index is -2.08. The number of benzene rings is 3. The molecule has 4 rings (SSSR count). The first-order chi connectivity index (χ1) is 18.5. The van der Waals surface area contributed by atoms with Crippen LogP contribution in [0.15, 0.2) is 77.7 Å². The highest BCUT2D eigenvalue weighted by molar-refractivity contribution is 7.99. The van der Waals surface area contributed by atoms with Crippen LogP contribution in [0.5, 0.6) is 0 Å². The Labute approximate surface area is 245 Å². The fraction of sp³-hybridized carbons (Fsp3) is 0.286. The van der Waals surface area contributed by atoms with Crippen LogP contribution in [0, 0.1) is 5.92 Å². The number of anilines is 1. The van der Waals surface area contributed by atoms with Crippen molar-refractivity contribution in [1.29, 1.82) is 0 Å². The number of carbonyl (C=O) groups excluding carboxylic acids is 1. The number of rotatable bonds is 8. The normalized spacial score (nSPS) is 21.4. The molecule has 3 N–H and O–H groups in total. The number of hydrogen-bond donors (Lipinski definition) is 3. The summed E-state index contributed by atoms with van der Waals surface area (Å²) in [6.45, 7) is 2.02. The van der Waals surface area contributed by atoms with Crippen LogP contribution in [0.3, 0.4) is 0 Å². The third-order valence-corrected chi connectivity index (χ3v) is 7.95. The molecule has 1 fully saturated rings. The molecule has 0 aliphatic carbocycles. The lowest BCUT2D eigenvalue weighted by molar-refractivity contribution is -0.268. The number of alkyl halides is 3.